The highest BCUT2D eigenvalue weighted by Crippen LogP contribution is 2.64. The number of rotatable bonds is 4. The SMILES string of the molecule is CC12CCC3C(CCC(CC(=O)O)C3(C)CC(=O)O)C1CCC2=O. The minimum atomic E-state index is -0.843. The molecular weight excluding hydrogens is 308 g/mol. The number of carbonyl (C=O) groups is 3. The highest BCUT2D eigenvalue weighted by molar-refractivity contribution is 5.87. The third-order valence-corrected chi connectivity index (χ3v) is 7.73. The summed E-state index contributed by atoms with van der Waals surface area (Å²) < 4.78 is 0. The maximum atomic E-state index is 12.4. The number of carbonyl (C=O) groups excluding carboxylic acids is 1. The lowest BCUT2D eigenvalue weighted by Gasteiger charge is -2.57. The summed E-state index contributed by atoms with van der Waals surface area (Å²) >= 11 is 0. The molecule has 3 aliphatic rings. The lowest BCUT2D eigenvalue weighted by molar-refractivity contribution is -0.156. The van der Waals surface area contributed by atoms with Crippen molar-refractivity contribution in [2.75, 3.05) is 0 Å². The van der Waals surface area contributed by atoms with E-state index in [1.807, 2.05) is 6.92 Å². The molecule has 5 heteroatoms. The molecule has 0 spiro atoms. The first-order valence-electron chi connectivity index (χ1n) is 9.15. The summed E-state index contributed by atoms with van der Waals surface area (Å²) in [6, 6.07) is 0. The first-order chi connectivity index (χ1) is 11.2. The van der Waals surface area contributed by atoms with E-state index in [4.69, 9.17) is 0 Å². The summed E-state index contributed by atoms with van der Waals surface area (Å²) in [7, 11) is 0. The van der Waals surface area contributed by atoms with Crippen molar-refractivity contribution in [3.63, 3.8) is 0 Å². The van der Waals surface area contributed by atoms with E-state index in [2.05, 4.69) is 6.92 Å². The predicted molar refractivity (Wildman–Crippen MR) is 87.4 cm³/mol. The highest BCUT2D eigenvalue weighted by Gasteiger charge is 2.60. The Balaban J connectivity index is 1.92. The molecular formula is C19H28O5. The number of carboxylic acids is 2. The van der Waals surface area contributed by atoms with Crippen LogP contribution in [0.1, 0.15) is 65.2 Å². The molecule has 0 aromatic carbocycles. The molecule has 6 unspecified atom stereocenters. The average molecular weight is 336 g/mol. The van der Waals surface area contributed by atoms with E-state index in [1.54, 1.807) is 0 Å². The number of ketones is 1. The van der Waals surface area contributed by atoms with E-state index in [-0.39, 0.29) is 30.1 Å². The molecule has 2 N–H and O–H groups in total. The molecule has 3 aliphatic carbocycles. The second-order valence-electron chi connectivity index (χ2n) is 8.74. The molecule has 0 bridgehead atoms. The van der Waals surface area contributed by atoms with Crippen molar-refractivity contribution in [1.82, 2.24) is 0 Å². The minimum Gasteiger partial charge on any atom is -0.481 e. The number of hydrogen-bond donors (Lipinski definition) is 2. The zero-order valence-electron chi connectivity index (χ0n) is 14.6. The van der Waals surface area contributed by atoms with Gasteiger partial charge in [0, 0.05) is 18.3 Å². The molecule has 5 nitrogen and oxygen atoms in total. The summed E-state index contributed by atoms with van der Waals surface area (Å²) in [6.45, 7) is 4.09. The maximum absolute atomic E-state index is 12.4. The first kappa shape index (κ1) is 17.4. The van der Waals surface area contributed by atoms with Crippen LogP contribution in [0.15, 0.2) is 0 Å². The second-order valence-corrected chi connectivity index (χ2v) is 8.74. The summed E-state index contributed by atoms with van der Waals surface area (Å²) in [5.41, 5.74) is -0.717. The maximum Gasteiger partial charge on any atom is 0.303 e. The summed E-state index contributed by atoms with van der Waals surface area (Å²) in [6.07, 6.45) is 5.03. The minimum absolute atomic E-state index is 0.0312. The number of hydrogen-bond acceptors (Lipinski definition) is 3. The molecule has 0 aliphatic heterocycles. The zero-order chi connectivity index (χ0) is 17.7. The highest BCUT2D eigenvalue weighted by atomic mass is 16.4. The van der Waals surface area contributed by atoms with Gasteiger partial charge in [0.2, 0.25) is 0 Å². The normalized spacial score (nSPS) is 44.7. The molecule has 0 aromatic rings. The Morgan fingerprint density at radius 1 is 1.04 bits per heavy atom. The number of aliphatic carboxylic acids is 2. The lowest BCUT2D eigenvalue weighted by Crippen LogP contribution is -2.53. The number of carboxylic acid groups (broad SMARTS) is 2. The molecule has 0 heterocycles. The van der Waals surface area contributed by atoms with Crippen molar-refractivity contribution in [3.8, 4) is 0 Å². The number of fused-ring (bicyclic) bond motifs is 3. The molecule has 0 saturated heterocycles. The molecule has 0 radical (unpaired) electrons. The molecule has 3 saturated carbocycles. The van der Waals surface area contributed by atoms with Gasteiger partial charge in [0.05, 0.1) is 6.42 Å². The van der Waals surface area contributed by atoms with Crippen LogP contribution in [-0.2, 0) is 14.4 Å². The van der Waals surface area contributed by atoms with Gasteiger partial charge in [-0.05, 0) is 61.2 Å². The van der Waals surface area contributed by atoms with Gasteiger partial charge in [0.1, 0.15) is 5.78 Å². The standard InChI is InChI=1S/C19H28O5/c1-18-8-7-14-12(13(18)5-6-15(18)20)4-3-11(9-16(21)22)19(14,2)10-17(23)24/h11-14H,3-10H2,1-2H3,(H,21,22)(H,23,24). The summed E-state index contributed by atoms with van der Waals surface area (Å²) in [5.74, 6) is -0.466. The van der Waals surface area contributed by atoms with E-state index < -0.39 is 17.4 Å². The van der Waals surface area contributed by atoms with Crippen molar-refractivity contribution in [1.29, 1.82) is 0 Å². The molecule has 3 rings (SSSR count). The van der Waals surface area contributed by atoms with Gasteiger partial charge in [-0.3, -0.25) is 14.4 Å². The monoisotopic (exact) mass is 336 g/mol. The van der Waals surface area contributed by atoms with Crippen LogP contribution in [0.4, 0.5) is 0 Å². The fourth-order valence-electron chi connectivity index (χ4n) is 6.45. The zero-order valence-corrected chi connectivity index (χ0v) is 14.6. The molecule has 0 aromatic heterocycles. The van der Waals surface area contributed by atoms with Crippen LogP contribution in [-0.4, -0.2) is 27.9 Å². The lowest BCUT2D eigenvalue weighted by atomic mass is 9.46. The Morgan fingerprint density at radius 2 is 1.75 bits per heavy atom. The van der Waals surface area contributed by atoms with E-state index in [9.17, 15) is 24.6 Å². The number of Topliss-reactive ketones (excluding diaryl/α,β-unsaturated/α-hetero) is 1. The summed E-state index contributed by atoms with van der Waals surface area (Å²) in [5, 5.41) is 18.7. The predicted octanol–water partition coefficient (Wildman–Crippen LogP) is 3.36. The molecule has 3 fully saturated rings. The molecule has 24 heavy (non-hydrogen) atoms. The van der Waals surface area contributed by atoms with E-state index in [1.165, 1.54) is 0 Å². The Labute approximate surface area is 142 Å². The van der Waals surface area contributed by atoms with Gasteiger partial charge in [-0.15, -0.1) is 0 Å². The van der Waals surface area contributed by atoms with Gasteiger partial charge < -0.3 is 10.2 Å². The van der Waals surface area contributed by atoms with Gasteiger partial charge in [-0.2, -0.15) is 0 Å². The van der Waals surface area contributed by atoms with Crippen molar-refractivity contribution < 1.29 is 24.6 Å². The second kappa shape index (κ2) is 5.85. The topological polar surface area (TPSA) is 91.7 Å². The average Bonchev–Trinajstić information content (AvgIpc) is 2.77. The van der Waals surface area contributed by atoms with Crippen LogP contribution >= 0.6 is 0 Å². The van der Waals surface area contributed by atoms with Crippen LogP contribution in [0.5, 0.6) is 0 Å². The van der Waals surface area contributed by atoms with E-state index in [0.29, 0.717) is 24.0 Å². The molecule has 6 atom stereocenters. The van der Waals surface area contributed by atoms with Crippen LogP contribution in [0.25, 0.3) is 0 Å². The Hall–Kier alpha value is -1.39. The van der Waals surface area contributed by atoms with Crippen LogP contribution in [0.3, 0.4) is 0 Å². The molecule has 0 amide bonds. The fraction of sp³-hybridized carbons (Fsp3) is 0.842. The van der Waals surface area contributed by atoms with Crippen molar-refractivity contribution in [2.24, 2.45) is 34.5 Å². The third kappa shape index (κ3) is 2.56. The van der Waals surface area contributed by atoms with Gasteiger partial charge in [0.15, 0.2) is 0 Å². The molecule has 134 valence electrons. The smallest absolute Gasteiger partial charge is 0.303 e. The van der Waals surface area contributed by atoms with Gasteiger partial charge in [-0.25, -0.2) is 0 Å². The van der Waals surface area contributed by atoms with E-state index >= 15 is 0 Å². The first-order valence-corrected chi connectivity index (χ1v) is 9.15. The third-order valence-electron chi connectivity index (χ3n) is 7.73. The quantitative estimate of drug-likeness (QED) is 0.821. The van der Waals surface area contributed by atoms with Crippen molar-refractivity contribution in [2.45, 2.75) is 65.2 Å². The van der Waals surface area contributed by atoms with Crippen LogP contribution in [0, 0.1) is 34.5 Å². The van der Waals surface area contributed by atoms with Gasteiger partial charge in [0.25, 0.3) is 0 Å². The van der Waals surface area contributed by atoms with Gasteiger partial charge in [-0.1, -0.05) is 13.8 Å². The van der Waals surface area contributed by atoms with Crippen LogP contribution in [0.2, 0.25) is 0 Å². The Morgan fingerprint density at radius 3 is 2.38 bits per heavy atom. The van der Waals surface area contributed by atoms with Crippen LogP contribution < -0.4 is 0 Å². The van der Waals surface area contributed by atoms with Crippen molar-refractivity contribution in [3.05, 3.63) is 0 Å². The Bertz CT molecular complexity index is 570. The van der Waals surface area contributed by atoms with Gasteiger partial charge >= 0.3 is 11.9 Å². The van der Waals surface area contributed by atoms with E-state index in [0.717, 1.165) is 32.1 Å². The fourth-order valence-corrected chi connectivity index (χ4v) is 6.45. The Kier molecular flexibility index (Phi) is 4.25. The van der Waals surface area contributed by atoms with Crippen molar-refractivity contribution >= 4 is 17.7 Å². The summed E-state index contributed by atoms with van der Waals surface area (Å²) in [4.78, 5) is 35.2. The largest absolute Gasteiger partial charge is 0.481 e.